The van der Waals surface area contributed by atoms with E-state index in [1.165, 1.54) is 13.1 Å². The number of hydrogen-bond donors (Lipinski definition) is 4. The van der Waals surface area contributed by atoms with Crippen molar-refractivity contribution in [2.45, 2.75) is 25.1 Å². The third-order valence-corrected chi connectivity index (χ3v) is 6.34. The number of amides is 1. The second-order valence-electron chi connectivity index (χ2n) is 7.63. The summed E-state index contributed by atoms with van der Waals surface area (Å²) >= 11 is 0.777. The molecule has 1 saturated heterocycles. The molecule has 0 saturated carbocycles. The SMILES string of the molecule is CCC1(F)CNCCN(C(=NC)C(C=N)NC(=O)c2nc(-c3c(F)cccc3F)sc2N)C1. The van der Waals surface area contributed by atoms with Gasteiger partial charge in [-0.1, -0.05) is 24.3 Å². The Kier molecular flexibility index (Phi) is 7.69. The summed E-state index contributed by atoms with van der Waals surface area (Å²) in [5, 5.41) is 13.4. The van der Waals surface area contributed by atoms with E-state index in [2.05, 4.69) is 20.6 Å². The van der Waals surface area contributed by atoms with E-state index in [4.69, 9.17) is 11.1 Å². The molecule has 0 aliphatic carbocycles. The number of aliphatic imine (C=N–C) groups is 1. The van der Waals surface area contributed by atoms with Crippen molar-refractivity contribution < 1.29 is 18.0 Å². The number of benzene rings is 1. The molecule has 1 aromatic heterocycles. The summed E-state index contributed by atoms with van der Waals surface area (Å²) in [7, 11) is 1.50. The maximum Gasteiger partial charge on any atom is 0.273 e. The second kappa shape index (κ2) is 10.3. The molecule has 1 aliphatic rings. The molecule has 0 radical (unpaired) electrons. The van der Waals surface area contributed by atoms with Crippen LogP contribution in [0, 0.1) is 17.0 Å². The lowest BCUT2D eigenvalue weighted by Gasteiger charge is -2.32. The molecule has 1 amide bonds. The van der Waals surface area contributed by atoms with Crippen molar-refractivity contribution in [1.82, 2.24) is 20.5 Å². The number of halogens is 3. The maximum atomic E-state index is 15.1. The van der Waals surface area contributed by atoms with E-state index in [1.54, 1.807) is 11.8 Å². The van der Waals surface area contributed by atoms with E-state index in [1.807, 2.05) is 0 Å². The first-order valence-corrected chi connectivity index (χ1v) is 11.2. The highest BCUT2D eigenvalue weighted by atomic mass is 32.1. The summed E-state index contributed by atoms with van der Waals surface area (Å²) in [6.07, 6.45) is 1.27. The van der Waals surface area contributed by atoms with Crippen LogP contribution < -0.4 is 16.4 Å². The lowest BCUT2D eigenvalue weighted by atomic mass is 10.0. The van der Waals surface area contributed by atoms with Crippen LogP contribution in [0.2, 0.25) is 0 Å². The largest absolute Gasteiger partial charge is 0.389 e. The normalized spacial score (nSPS) is 20.3. The molecule has 2 atom stereocenters. The number of rotatable bonds is 6. The van der Waals surface area contributed by atoms with E-state index in [0.717, 1.165) is 29.7 Å². The van der Waals surface area contributed by atoms with E-state index in [9.17, 15) is 13.6 Å². The molecule has 1 fully saturated rings. The van der Waals surface area contributed by atoms with Crippen LogP contribution in [0.25, 0.3) is 10.6 Å². The summed E-state index contributed by atoms with van der Waals surface area (Å²) in [6.45, 7) is 2.96. The Hall–Kier alpha value is -2.99. The zero-order valence-corrected chi connectivity index (χ0v) is 19.1. The molecule has 2 heterocycles. The van der Waals surface area contributed by atoms with Gasteiger partial charge >= 0.3 is 0 Å². The highest BCUT2D eigenvalue weighted by Gasteiger charge is 2.35. The quantitative estimate of drug-likeness (QED) is 0.373. The van der Waals surface area contributed by atoms with Crippen LogP contribution in [0.3, 0.4) is 0 Å². The standard InChI is InChI=1S/C21H26F3N7OS/c1-3-21(24)10-28-7-8-31(11-21)18(27-2)14(9-25)29-19(32)16-17(26)33-20(30-16)15-12(22)5-4-6-13(15)23/h4-6,9,14,25,28H,3,7-8,10-11,26H2,1-2H3,(H,29,32). The molecule has 0 bridgehead atoms. The van der Waals surface area contributed by atoms with Crippen molar-refractivity contribution in [1.29, 1.82) is 5.41 Å². The van der Waals surface area contributed by atoms with E-state index in [-0.39, 0.29) is 34.4 Å². The molecular weight excluding hydrogens is 455 g/mol. The Morgan fingerprint density at radius 1 is 1.48 bits per heavy atom. The van der Waals surface area contributed by atoms with Crippen LogP contribution >= 0.6 is 11.3 Å². The molecule has 8 nitrogen and oxygen atoms in total. The maximum absolute atomic E-state index is 15.1. The summed E-state index contributed by atoms with van der Waals surface area (Å²) in [5.41, 5.74) is 3.84. The lowest BCUT2D eigenvalue weighted by molar-refractivity contribution is 0.0948. The monoisotopic (exact) mass is 481 g/mol. The predicted octanol–water partition coefficient (Wildman–Crippen LogP) is 2.47. The number of nitrogens with two attached hydrogens (primary N) is 1. The average Bonchev–Trinajstić information content (AvgIpc) is 3.05. The Balaban J connectivity index is 1.83. The molecule has 2 aromatic rings. The molecule has 0 spiro atoms. The van der Waals surface area contributed by atoms with Gasteiger partial charge < -0.3 is 26.7 Å². The summed E-state index contributed by atoms with van der Waals surface area (Å²) in [4.78, 5) is 22.8. The van der Waals surface area contributed by atoms with Gasteiger partial charge in [-0.2, -0.15) is 0 Å². The highest BCUT2D eigenvalue weighted by molar-refractivity contribution is 7.19. The average molecular weight is 482 g/mol. The Bertz CT molecular complexity index is 1040. The molecule has 1 aromatic carbocycles. The van der Waals surface area contributed by atoms with Crippen LogP contribution in [-0.4, -0.2) is 72.8 Å². The number of nitrogen functional groups attached to an aromatic ring is 1. The summed E-state index contributed by atoms with van der Waals surface area (Å²) in [5.74, 6) is -2.08. The summed E-state index contributed by atoms with van der Waals surface area (Å²) in [6, 6.07) is 2.42. The van der Waals surface area contributed by atoms with Gasteiger partial charge in [-0.3, -0.25) is 9.79 Å². The number of alkyl halides is 1. The van der Waals surface area contributed by atoms with E-state index >= 15 is 4.39 Å². The number of carbonyl (C=O) groups is 1. The van der Waals surface area contributed by atoms with Crippen molar-refractivity contribution in [3.8, 4) is 10.6 Å². The van der Waals surface area contributed by atoms with Gasteiger partial charge in [0.25, 0.3) is 5.91 Å². The van der Waals surface area contributed by atoms with Crippen molar-refractivity contribution >= 4 is 34.3 Å². The minimum Gasteiger partial charge on any atom is -0.389 e. The smallest absolute Gasteiger partial charge is 0.273 e. The molecule has 1 aliphatic heterocycles. The molecule has 178 valence electrons. The predicted molar refractivity (Wildman–Crippen MR) is 124 cm³/mol. The number of aromatic nitrogens is 1. The van der Waals surface area contributed by atoms with Gasteiger partial charge in [-0.05, 0) is 18.6 Å². The van der Waals surface area contributed by atoms with Crippen molar-refractivity contribution in [2.24, 2.45) is 4.99 Å². The van der Waals surface area contributed by atoms with Gasteiger partial charge in [-0.25, -0.2) is 18.2 Å². The first-order chi connectivity index (χ1) is 15.7. The van der Waals surface area contributed by atoms with Gasteiger partial charge in [0.2, 0.25) is 0 Å². The number of hydrogen-bond acceptors (Lipinski definition) is 7. The van der Waals surface area contributed by atoms with E-state index < -0.39 is 29.3 Å². The molecule has 5 N–H and O–H groups in total. The van der Waals surface area contributed by atoms with Crippen LogP contribution in [0.1, 0.15) is 23.8 Å². The molecule has 33 heavy (non-hydrogen) atoms. The van der Waals surface area contributed by atoms with Gasteiger partial charge in [0.1, 0.15) is 39.2 Å². The summed E-state index contributed by atoms with van der Waals surface area (Å²) < 4.78 is 43.3. The third kappa shape index (κ3) is 5.33. The number of thiazole rings is 1. The van der Waals surface area contributed by atoms with Crippen molar-refractivity contribution in [3.63, 3.8) is 0 Å². The zero-order valence-electron chi connectivity index (χ0n) is 18.3. The van der Waals surface area contributed by atoms with Gasteiger partial charge in [0.15, 0.2) is 5.69 Å². The van der Waals surface area contributed by atoms with Crippen LogP contribution in [-0.2, 0) is 0 Å². The van der Waals surface area contributed by atoms with Crippen molar-refractivity contribution in [3.05, 3.63) is 35.5 Å². The van der Waals surface area contributed by atoms with Crippen LogP contribution in [0.5, 0.6) is 0 Å². The Morgan fingerprint density at radius 2 is 2.18 bits per heavy atom. The number of amidine groups is 1. The number of carbonyl (C=O) groups excluding carboxylic acids is 1. The number of nitrogens with zero attached hydrogens (tertiary/aromatic N) is 3. The number of nitrogens with one attached hydrogen (secondary N) is 3. The van der Waals surface area contributed by atoms with Gasteiger partial charge in [0, 0.05) is 32.9 Å². The fourth-order valence-electron chi connectivity index (χ4n) is 3.61. The van der Waals surface area contributed by atoms with Crippen LogP contribution in [0.15, 0.2) is 23.2 Å². The second-order valence-corrected chi connectivity index (χ2v) is 8.66. The Labute approximate surface area is 193 Å². The minimum atomic E-state index is -1.49. The third-order valence-electron chi connectivity index (χ3n) is 5.44. The minimum absolute atomic E-state index is 0.0309. The fourth-order valence-corrected chi connectivity index (χ4v) is 4.48. The van der Waals surface area contributed by atoms with Crippen molar-refractivity contribution in [2.75, 3.05) is 39.0 Å². The molecular formula is C21H26F3N7OS. The first kappa shape index (κ1) is 24.6. The molecule has 2 unspecified atom stereocenters. The topological polar surface area (TPSA) is 119 Å². The van der Waals surface area contributed by atoms with E-state index in [0.29, 0.717) is 25.3 Å². The molecule has 12 heteroatoms. The first-order valence-electron chi connectivity index (χ1n) is 10.4. The number of anilines is 1. The highest BCUT2D eigenvalue weighted by Crippen LogP contribution is 2.33. The lowest BCUT2D eigenvalue weighted by Crippen LogP contribution is -2.53. The zero-order chi connectivity index (χ0) is 24.2. The Morgan fingerprint density at radius 3 is 2.79 bits per heavy atom. The van der Waals surface area contributed by atoms with Gasteiger partial charge in [0.05, 0.1) is 12.1 Å². The van der Waals surface area contributed by atoms with Gasteiger partial charge in [-0.15, -0.1) is 0 Å². The fraction of sp³-hybridized carbons (Fsp3) is 0.429. The molecule has 3 rings (SSSR count). The van der Waals surface area contributed by atoms with Crippen LogP contribution in [0.4, 0.5) is 18.2 Å².